The fraction of sp³-hybridized carbons (Fsp3) is 0.250. The van der Waals surface area contributed by atoms with Crippen LogP contribution in [0, 0.1) is 0 Å². The van der Waals surface area contributed by atoms with Crippen molar-refractivity contribution in [2.45, 2.75) is 0 Å². The average molecular weight is 140 g/mol. The Morgan fingerprint density at radius 1 is 1.67 bits per heavy atom. The van der Waals surface area contributed by atoms with Crippen molar-refractivity contribution in [2.24, 2.45) is 4.99 Å². The van der Waals surface area contributed by atoms with Gasteiger partial charge in [-0.3, -0.25) is 0 Å². The van der Waals surface area contributed by atoms with E-state index in [1.54, 1.807) is 0 Å². The molecule has 30 valence electrons. The second-order valence-electron chi connectivity index (χ2n) is 1.06. The molecule has 0 saturated heterocycles. The Kier molecular flexibility index (Phi) is 1.50. The van der Waals surface area contributed by atoms with Gasteiger partial charge in [0.1, 0.15) is 0 Å². The zero-order chi connectivity index (χ0) is 4.24. The third-order valence-electron chi connectivity index (χ3n) is 0.591. The molecule has 0 saturated carbocycles. The van der Waals surface area contributed by atoms with Crippen molar-refractivity contribution < 1.29 is 0 Å². The van der Waals surface area contributed by atoms with Crippen molar-refractivity contribution in [1.29, 1.82) is 0 Å². The third kappa shape index (κ3) is 0.973. The van der Waals surface area contributed by atoms with Crippen LogP contribution in [0.25, 0.3) is 0 Å². The Hall–Kier alpha value is -0.0471. The Morgan fingerprint density at radius 2 is 2.67 bits per heavy atom. The summed E-state index contributed by atoms with van der Waals surface area (Å²) >= 11 is 0.135. The van der Waals surface area contributed by atoms with Gasteiger partial charge in [-0.25, -0.2) is 0 Å². The summed E-state index contributed by atoms with van der Waals surface area (Å²) in [6.07, 6.45) is 2.12. The molecule has 0 N–H and O–H groups in total. The summed E-state index contributed by atoms with van der Waals surface area (Å²) < 4.78 is 0. The molecule has 1 aliphatic heterocycles. The molecule has 0 amide bonds. The summed E-state index contributed by atoms with van der Waals surface area (Å²) in [5, 5.41) is 2.06. The quantitative estimate of drug-likeness (QED) is 0.427. The van der Waals surface area contributed by atoms with Crippen molar-refractivity contribution >= 4 is 20.5 Å². The van der Waals surface area contributed by atoms with Crippen molar-refractivity contribution in [3.05, 3.63) is 11.0 Å². The van der Waals surface area contributed by atoms with Gasteiger partial charge < -0.3 is 0 Å². The molecular formula is C4H5GeN. The molecule has 2 radical (unpaired) electrons. The van der Waals surface area contributed by atoms with Crippen LogP contribution in [0.4, 0.5) is 0 Å². The Balaban J connectivity index is 2.40. The molecule has 0 aromatic heterocycles. The van der Waals surface area contributed by atoms with Crippen LogP contribution >= 0.6 is 0 Å². The fourth-order valence-electron chi connectivity index (χ4n) is 0.330. The van der Waals surface area contributed by atoms with Crippen LogP contribution in [0.2, 0.25) is 0 Å². The number of rotatable bonds is 0. The van der Waals surface area contributed by atoms with Crippen LogP contribution in [0.5, 0.6) is 0 Å². The van der Waals surface area contributed by atoms with E-state index in [9.17, 15) is 0 Å². The van der Waals surface area contributed by atoms with Crippen LogP contribution < -0.4 is 0 Å². The monoisotopic (exact) mass is 141 g/mol. The van der Waals surface area contributed by atoms with Gasteiger partial charge in [0.2, 0.25) is 0 Å². The molecule has 0 unspecified atom stereocenters. The SMILES string of the molecule is C1=[CH][Ge][CH]=NC1. The van der Waals surface area contributed by atoms with Gasteiger partial charge in [-0.1, -0.05) is 0 Å². The van der Waals surface area contributed by atoms with Gasteiger partial charge >= 0.3 is 43.0 Å². The van der Waals surface area contributed by atoms with E-state index in [4.69, 9.17) is 0 Å². The van der Waals surface area contributed by atoms with Gasteiger partial charge in [-0.15, -0.1) is 0 Å². The number of aliphatic imine (C=N–C) groups is 1. The Labute approximate surface area is 43.6 Å². The van der Waals surface area contributed by atoms with E-state index in [2.05, 4.69) is 21.0 Å². The van der Waals surface area contributed by atoms with E-state index in [1.165, 1.54) is 0 Å². The van der Waals surface area contributed by atoms with Gasteiger partial charge in [-0.2, -0.15) is 0 Å². The van der Waals surface area contributed by atoms with Crippen LogP contribution in [0.15, 0.2) is 16.0 Å². The number of nitrogens with zero attached hydrogens (tertiary/aromatic N) is 1. The van der Waals surface area contributed by atoms with Crippen LogP contribution in [0.3, 0.4) is 0 Å². The molecule has 1 nitrogen and oxygen atoms in total. The first kappa shape index (κ1) is 4.12. The van der Waals surface area contributed by atoms with Gasteiger partial charge in [0.15, 0.2) is 0 Å². The molecule has 1 aliphatic rings. The summed E-state index contributed by atoms with van der Waals surface area (Å²) in [5.74, 6) is 0. The molecule has 0 aliphatic carbocycles. The molecule has 1 rings (SSSR count). The molecule has 0 spiro atoms. The molecule has 0 atom stereocenters. The maximum atomic E-state index is 4.02. The van der Waals surface area contributed by atoms with E-state index in [-0.39, 0.29) is 15.4 Å². The predicted octanol–water partition coefficient (Wildman–Crippen LogP) is 0.246. The maximum absolute atomic E-state index is 4.02. The van der Waals surface area contributed by atoms with Crippen LogP contribution in [-0.4, -0.2) is 27.0 Å². The van der Waals surface area contributed by atoms with Crippen LogP contribution in [-0.2, 0) is 0 Å². The Morgan fingerprint density at radius 3 is 2.83 bits per heavy atom. The number of hydrogen-bond acceptors (Lipinski definition) is 1. The van der Waals surface area contributed by atoms with Crippen molar-refractivity contribution in [3.63, 3.8) is 0 Å². The normalized spacial score (nSPS) is 18.7. The predicted molar refractivity (Wildman–Crippen MR) is 28.3 cm³/mol. The fourth-order valence-corrected chi connectivity index (χ4v) is 1.46. The van der Waals surface area contributed by atoms with E-state index < -0.39 is 0 Å². The standard InChI is InChI=1S/C4H5GeN/c1-2-5-4-6-3-1/h1-2,4H,3H2. The first-order chi connectivity index (χ1) is 3.00. The molecule has 0 aromatic rings. The van der Waals surface area contributed by atoms with Crippen molar-refractivity contribution in [2.75, 3.05) is 6.54 Å². The van der Waals surface area contributed by atoms with Gasteiger partial charge in [-0.05, 0) is 0 Å². The van der Waals surface area contributed by atoms with Gasteiger partial charge in [0.05, 0.1) is 0 Å². The molecule has 1 heterocycles. The topological polar surface area (TPSA) is 12.4 Å². The molecule has 0 fully saturated rings. The van der Waals surface area contributed by atoms with E-state index in [0.717, 1.165) is 6.54 Å². The molecule has 0 bridgehead atoms. The van der Waals surface area contributed by atoms with E-state index in [1.807, 2.05) is 0 Å². The minimum atomic E-state index is 0.135. The van der Waals surface area contributed by atoms with Gasteiger partial charge in [0, 0.05) is 0 Å². The molecular weight excluding hydrogens is 135 g/mol. The van der Waals surface area contributed by atoms with Crippen LogP contribution in [0.1, 0.15) is 0 Å². The zero-order valence-corrected chi connectivity index (χ0v) is 5.48. The summed E-state index contributed by atoms with van der Waals surface area (Å²) in [6, 6.07) is 0. The second kappa shape index (κ2) is 2.18. The first-order valence-corrected chi connectivity index (χ1v) is 4.32. The summed E-state index contributed by atoms with van der Waals surface area (Å²) in [6.45, 7) is 0.920. The summed E-state index contributed by atoms with van der Waals surface area (Å²) in [5.41, 5.74) is 0. The Bertz CT molecular complexity index is 65.5. The summed E-state index contributed by atoms with van der Waals surface area (Å²) in [7, 11) is 0. The minimum absolute atomic E-state index is 0.135. The van der Waals surface area contributed by atoms with Crippen molar-refractivity contribution in [3.8, 4) is 0 Å². The molecule has 6 heavy (non-hydrogen) atoms. The molecule has 2 heteroatoms. The van der Waals surface area contributed by atoms with Gasteiger partial charge in [0.25, 0.3) is 0 Å². The summed E-state index contributed by atoms with van der Waals surface area (Å²) in [4.78, 5) is 6.26. The van der Waals surface area contributed by atoms with Crippen molar-refractivity contribution in [1.82, 2.24) is 0 Å². The first-order valence-electron chi connectivity index (χ1n) is 1.89. The second-order valence-corrected chi connectivity index (χ2v) is 3.00. The number of hydrogen-bond donors (Lipinski definition) is 0. The van der Waals surface area contributed by atoms with E-state index in [0.29, 0.717) is 0 Å². The molecule has 0 aromatic carbocycles. The third-order valence-corrected chi connectivity index (χ3v) is 2.18. The van der Waals surface area contributed by atoms with E-state index >= 15 is 0 Å². The zero-order valence-electron chi connectivity index (χ0n) is 3.39. The average Bonchev–Trinajstić information content (AvgIpc) is 1.72.